The number of methoxy groups -OCH3 is 1. The molecule has 1 heterocycles. The average molecular weight is 155 g/mol. The number of rotatable bonds is 1. The van der Waals surface area contributed by atoms with Crippen molar-refractivity contribution in [2.75, 3.05) is 14.2 Å². The molecule has 0 fully saturated rings. The van der Waals surface area contributed by atoms with Crippen LogP contribution in [-0.4, -0.2) is 30.9 Å². The van der Waals surface area contributed by atoms with Crippen LogP contribution in [0.5, 0.6) is 0 Å². The Morgan fingerprint density at radius 1 is 1.82 bits per heavy atom. The van der Waals surface area contributed by atoms with E-state index in [9.17, 15) is 4.79 Å². The number of hydrogen-bond donors (Lipinski definition) is 0. The monoisotopic (exact) mass is 155 g/mol. The number of esters is 1. The van der Waals surface area contributed by atoms with Crippen LogP contribution in [0.25, 0.3) is 0 Å². The van der Waals surface area contributed by atoms with Gasteiger partial charge in [0.1, 0.15) is 0 Å². The Bertz CT molecular complexity index is 225. The van der Waals surface area contributed by atoms with Crippen LogP contribution < -0.4 is 0 Å². The van der Waals surface area contributed by atoms with Gasteiger partial charge in [-0.3, -0.25) is 0 Å². The lowest BCUT2D eigenvalue weighted by Crippen LogP contribution is -2.16. The molecule has 0 aromatic heterocycles. The largest absolute Gasteiger partial charge is 0.467 e. The van der Waals surface area contributed by atoms with E-state index in [0.717, 1.165) is 5.70 Å². The molecule has 4 nitrogen and oxygen atoms in total. The fourth-order valence-electron chi connectivity index (χ4n) is 0.883. The first kappa shape index (κ1) is 7.91. The van der Waals surface area contributed by atoms with Gasteiger partial charge in [0.15, 0.2) is 7.05 Å². The second kappa shape index (κ2) is 2.82. The minimum Gasteiger partial charge on any atom is -0.467 e. The predicted molar refractivity (Wildman–Crippen MR) is 38.2 cm³/mol. The summed E-state index contributed by atoms with van der Waals surface area (Å²) in [6, 6.07) is -0.440. The number of allylic oxidation sites excluding steroid dienone is 1. The summed E-state index contributed by atoms with van der Waals surface area (Å²) in [4.78, 5) is 10.9. The highest BCUT2D eigenvalue weighted by atomic mass is 16.5. The van der Waals surface area contributed by atoms with Crippen LogP contribution in [0.2, 0.25) is 0 Å². The molecule has 0 saturated heterocycles. The molecule has 0 radical (unpaired) electrons. The van der Waals surface area contributed by atoms with E-state index in [1.165, 1.54) is 7.11 Å². The van der Waals surface area contributed by atoms with Gasteiger partial charge in [-0.2, -0.15) is 0 Å². The number of nitrogens with zero attached hydrogens (tertiary/aromatic N) is 2. The Balaban J connectivity index is 2.75. The number of hydrogen-bond acceptors (Lipinski definition) is 3. The molecule has 1 atom stereocenters. The highest BCUT2D eigenvalue weighted by Crippen LogP contribution is 2.10. The van der Waals surface area contributed by atoms with Gasteiger partial charge < -0.3 is 4.74 Å². The van der Waals surface area contributed by atoms with E-state index in [1.54, 1.807) is 17.8 Å². The van der Waals surface area contributed by atoms with Crippen molar-refractivity contribution in [1.29, 1.82) is 0 Å². The maximum atomic E-state index is 10.9. The first-order chi connectivity index (χ1) is 5.15. The number of ether oxygens (including phenoxy) is 1. The Labute approximate surface area is 65.2 Å². The third-order valence-electron chi connectivity index (χ3n) is 1.65. The summed E-state index contributed by atoms with van der Waals surface area (Å²) in [6.07, 6.45) is 1.77. The normalized spacial score (nSPS) is 22.6. The average Bonchev–Trinajstić information content (AvgIpc) is 2.31. The standard InChI is InChI=1S/C7H11N2O2/c1-5-4-6(7(10)11-3)8-9(5)2/h4,6H,1-3H3/q+1. The third-order valence-corrected chi connectivity index (χ3v) is 1.65. The number of carbonyl (C=O) groups excluding carboxylic acids is 1. The summed E-state index contributed by atoms with van der Waals surface area (Å²) in [6.45, 7) is 1.90. The van der Waals surface area contributed by atoms with Crippen LogP contribution in [0.1, 0.15) is 6.92 Å². The zero-order valence-electron chi connectivity index (χ0n) is 6.87. The molecule has 0 saturated carbocycles. The molecule has 60 valence electrons. The van der Waals surface area contributed by atoms with Gasteiger partial charge in [-0.25, -0.2) is 4.79 Å². The Morgan fingerprint density at radius 3 is 2.82 bits per heavy atom. The van der Waals surface area contributed by atoms with E-state index in [-0.39, 0.29) is 5.97 Å². The highest BCUT2D eigenvalue weighted by Gasteiger charge is 2.27. The van der Waals surface area contributed by atoms with Crippen molar-refractivity contribution >= 4 is 5.97 Å². The molecule has 0 N–H and O–H groups in total. The van der Waals surface area contributed by atoms with Gasteiger partial charge >= 0.3 is 5.97 Å². The van der Waals surface area contributed by atoms with Crippen molar-refractivity contribution in [2.24, 2.45) is 5.11 Å². The summed E-state index contributed by atoms with van der Waals surface area (Å²) in [5, 5.41) is 4.01. The first-order valence-electron chi connectivity index (χ1n) is 3.36. The second-order valence-electron chi connectivity index (χ2n) is 2.42. The smallest absolute Gasteiger partial charge is 0.341 e. The third kappa shape index (κ3) is 1.45. The van der Waals surface area contributed by atoms with Gasteiger partial charge in [-0.1, -0.05) is 4.70 Å². The fourth-order valence-corrected chi connectivity index (χ4v) is 0.883. The fraction of sp³-hybridized carbons (Fsp3) is 0.571. The molecule has 0 bridgehead atoms. The van der Waals surface area contributed by atoms with Crippen molar-refractivity contribution in [3.63, 3.8) is 0 Å². The predicted octanol–water partition coefficient (Wildman–Crippen LogP) is 0.540. The quantitative estimate of drug-likeness (QED) is 0.409. The van der Waals surface area contributed by atoms with E-state index in [0.29, 0.717) is 0 Å². The van der Waals surface area contributed by atoms with Crippen LogP contribution in [0.15, 0.2) is 16.9 Å². The van der Waals surface area contributed by atoms with E-state index >= 15 is 0 Å². The minimum absolute atomic E-state index is 0.311. The van der Waals surface area contributed by atoms with Crippen LogP contribution >= 0.6 is 0 Å². The Hall–Kier alpha value is -1.19. The van der Waals surface area contributed by atoms with Crippen LogP contribution in [0.3, 0.4) is 0 Å². The van der Waals surface area contributed by atoms with Crippen molar-refractivity contribution in [3.8, 4) is 0 Å². The molecule has 1 unspecified atom stereocenters. The maximum Gasteiger partial charge on any atom is 0.341 e. The topological polar surface area (TPSA) is 41.7 Å². The second-order valence-corrected chi connectivity index (χ2v) is 2.42. The summed E-state index contributed by atoms with van der Waals surface area (Å²) in [5.41, 5.74) is 0.973. The minimum atomic E-state index is -0.440. The SMILES string of the molecule is COC(=O)C1C=C(C)[N+](C)=N1. The van der Waals surface area contributed by atoms with Gasteiger partial charge in [0.05, 0.1) is 7.11 Å². The van der Waals surface area contributed by atoms with Gasteiger partial charge in [0.2, 0.25) is 11.7 Å². The molecule has 1 aliphatic rings. The molecular formula is C7H11N2O2+. The highest BCUT2D eigenvalue weighted by molar-refractivity contribution is 5.78. The molecule has 0 aromatic rings. The van der Waals surface area contributed by atoms with Gasteiger partial charge in [-0.15, -0.1) is 0 Å². The van der Waals surface area contributed by atoms with Gasteiger partial charge in [-0.05, 0) is 5.11 Å². The van der Waals surface area contributed by atoms with E-state index in [1.807, 2.05) is 6.92 Å². The maximum absolute atomic E-state index is 10.9. The molecule has 1 rings (SSSR count). The molecular weight excluding hydrogens is 144 g/mol. The zero-order valence-corrected chi connectivity index (χ0v) is 6.87. The van der Waals surface area contributed by atoms with E-state index in [2.05, 4.69) is 9.85 Å². The Kier molecular flexibility index (Phi) is 2.03. The number of carbonyl (C=O) groups is 1. The van der Waals surface area contributed by atoms with Crippen LogP contribution in [0.4, 0.5) is 0 Å². The van der Waals surface area contributed by atoms with Crippen molar-refractivity contribution < 1.29 is 14.2 Å². The summed E-state index contributed by atoms with van der Waals surface area (Å²) in [5.74, 6) is -0.311. The Morgan fingerprint density at radius 2 is 2.45 bits per heavy atom. The molecule has 0 aliphatic carbocycles. The molecule has 0 aromatic carbocycles. The zero-order chi connectivity index (χ0) is 8.43. The molecule has 1 aliphatic heterocycles. The van der Waals surface area contributed by atoms with Crippen molar-refractivity contribution in [2.45, 2.75) is 13.0 Å². The van der Waals surface area contributed by atoms with Crippen molar-refractivity contribution in [1.82, 2.24) is 0 Å². The lowest BCUT2D eigenvalue weighted by molar-refractivity contribution is -0.511. The molecule has 0 spiro atoms. The summed E-state index contributed by atoms with van der Waals surface area (Å²) in [7, 11) is 3.16. The van der Waals surface area contributed by atoms with E-state index in [4.69, 9.17) is 0 Å². The summed E-state index contributed by atoms with van der Waals surface area (Å²) >= 11 is 0. The van der Waals surface area contributed by atoms with Crippen molar-refractivity contribution in [3.05, 3.63) is 11.8 Å². The molecule has 4 heteroatoms. The van der Waals surface area contributed by atoms with E-state index < -0.39 is 6.04 Å². The first-order valence-corrected chi connectivity index (χ1v) is 3.36. The van der Waals surface area contributed by atoms with Crippen LogP contribution in [-0.2, 0) is 9.53 Å². The van der Waals surface area contributed by atoms with Gasteiger partial charge in [0.25, 0.3) is 0 Å². The number of azo groups is 2. The molecule has 0 amide bonds. The molecule has 11 heavy (non-hydrogen) atoms. The van der Waals surface area contributed by atoms with Gasteiger partial charge in [0, 0.05) is 13.0 Å². The van der Waals surface area contributed by atoms with Crippen LogP contribution in [0, 0.1) is 0 Å². The lowest BCUT2D eigenvalue weighted by atomic mass is 10.3. The summed E-state index contributed by atoms with van der Waals surface area (Å²) < 4.78 is 6.20. The lowest BCUT2D eigenvalue weighted by Gasteiger charge is -1.94.